The smallest absolute Gasteiger partial charge is 0.332 e. The minimum atomic E-state index is -1.40. The molecule has 0 N–H and O–H groups in total. The predicted molar refractivity (Wildman–Crippen MR) is 102 cm³/mol. The molecule has 6 nitrogen and oxygen atoms in total. The van der Waals surface area contributed by atoms with E-state index in [4.69, 9.17) is 29.3 Å². The number of aryl methyl sites for hydroxylation is 3. The first-order valence-corrected chi connectivity index (χ1v) is 8.78. The van der Waals surface area contributed by atoms with Crippen LogP contribution in [-0.2, 0) is 14.7 Å². The van der Waals surface area contributed by atoms with Crippen LogP contribution in [0.25, 0.3) is 0 Å². The Morgan fingerprint density at radius 3 is 0.929 bits per heavy atom. The molecule has 0 aliphatic rings. The van der Waals surface area contributed by atoms with Gasteiger partial charge in [0.1, 0.15) is 0 Å². The van der Waals surface area contributed by atoms with E-state index in [-0.39, 0.29) is 0 Å². The lowest BCUT2D eigenvalue weighted by molar-refractivity contribution is -0.522. The van der Waals surface area contributed by atoms with E-state index in [2.05, 4.69) is 0 Å². The van der Waals surface area contributed by atoms with E-state index in [1.807, 2.05) is 57.2 Å². The maximum atomic E-state index is 5.23. The van der Waals surface area contributed by atoms with Crippen molar-refractivity contribution in [3.63, 3.8) is 0 Å². The standard InChI is InChI=1S/C22H22O6/c1-16-4-10-19(11-5-16)23-26-22(27-24-20-12-6-17(2)7-13-20)28-25-21-14-8-18(3)9-15-21/h4-15,22H,1-3H3. The van der Waals surface area contributed by atoms with Gasteiger partial charge in [-0.15, -0.1) is 14.7 Å². The molecule has 0 saturated heterocycles. The molecule has 3 aromatic rings. The van der Waals surface area contributed by atoms with Crippen molar-refractivity contribution >= 4 is 0 Å². The van der Waals surface area contributed by atoms with E-state index in [1.165, 1.54) is 0 Å². The normalized spacial score (nSPS) is 10.7. The maximum Gasteiger partial charge on any atom is 0.386 e. The fraction of sp³-hybridized carbons (Fsp3) is 0.182. The molecule has 3 aromatic carbocycles. The number of hydrogen-bond donors (Lipinski definition) is 0. The molecule has 0 fully saturated rings. The summed E-state index contributed by atoms with van der Waals surface area (Å²) in [6.07, 6.45) is 0. The second-order valence-electron chi connectivity index (χ2n) is 6.27. The average molecular weight is 382 g/mol. The molecule has 0 aromatic heterocycles. The van der Waals surface area contributed by atoms with E-state index < -0.39 is 6.48 Å². The van der Waals surface area contributed by atoms with Gasteiger partial charge in [0.15, 0.2) is 17.2 Å². The van der Waals surface area contributed by atoms with Crippen LogP contribution in [0, 0.1) is 20.8 Å². The molecule has 0 unspecified atom stereocenters. The molecule has 3 rings (SSSR count). The highest BCUT2D eigenvalue weighted by atomic mass is 17.4. The third-order valence-electron chi connectivity index (χ3n) is 3.73. The molecule has 28 heavy (non-hydrogen) atoms. The summed E-state index contributed by atoms with van der Waals surface area (Å²) in [5.74, 6) is 1.44. The minimum Gasteiger partial charge on any atom is -0.332 e. The largest absolute Gasteiger partial charge is 0.386 e. The number of benzene rings is 3. The Morgan fingerprint density at radius 2 is 0.679 bits per heavy atom. The van der Waals surface area contributed by atoms with E-state index in [0.29, 0.717) is 17.2 Å². The second-order valence-corrected chi connectivity index (χ2v) is 6.27. The van der Waals surface area contributed by atoms with Crippen LogP contribution < -0.4 is 14.7 Å². The van der Waals surface area contributed by atoms with Crippen molar-refractivity contribution in [2.45, 2.75) is 27.2 Å². The van der Waals surface area contributed by atoms with Crippen molar-refractivity contribution in [1.82, 2.24) is 0 Å². The molecule has 0 radical (unpaired) electrons. The van der Waals surface area contributed by atoms with Crippen LogP contribution in [0.5, 0.6) is 17.2 Å². The molecule has 0 amide bonds. The first-order valence-electron chi connectivity index (χ1n) is 8.78. The van der Waals surface area contributed by atoms with Gasteiger partial charge in [0, 0.05) is 0 Å². The number of hydrogen-bond acceptors (Lipinski definition) is 6. The Kier molecular flexibility index (Phi) is 6.86. The molecule has 0 saturated carbocycles. The lowest BCUT2D eigenvalue weighted by Gasteiger charge is -2.16. The molecular weight excluding hydrogens is 360 g/mol. The Morgan fingerprint density at radius 1 is 0.429 bits per heavy atom. The molecule has 0 spiro atoms. The van der Waals surface area contributed by atoms with Gasteiger partial charge in [-0.25, -0.2) is 0 Å². The minimum absolute atomic E-state index is 0.480. The van der Waals surface area contributed by atoms with Gasteiger partial charge in [-0.3, -0.25) is 0 Å². The first-order chi connectivity index (χ1) is 13.6. The third kappa shape index (κ3) is 6.28. The third-order valence-corrected chi connectivity index (χ3v) is 3.73. The van der Waals surface area contributed by atoms with Gasteiger partial charge < -0.3 is 14.7 Å². The molecule has 0 aliphatic carbocycles. The van der Waals surface area contributed by atoms with Crippen molar-refractivity contribution in [2.75, 3.05) is 0 Å². The van der Waals surface area contributed by atoms with E-state index in [1.54, 1.807) is 36.4 Å². The summed E-state index contributed by atoms with van der Waals surface area (Å²) in [7, 11) is 0. The SMILES string of the molecule is Cc1ccc(OOC(OOc2ccc(C)cc2)OOc2ccc(C)cc2)cc1. The highest BCUT2D eigenvalue weighted by Gasteiger charge is 2.18. The maximum absolute atomic E-state index is 5.23. The molecule has 0 aliphatic heterocycles. The zero-order valence-electron chi connectivity index (χ0n) is 16.0. The Hall–Kier alpha value is -3.06. The van der Waals surface area contributed by atoms with Gasteiger partial charge in [-0.05, 0) is 57.2 Å². The van der Waals surface area contributed by atoms with E-state index >= 15 is 0 Å². The molecular formula is C22H22O6. The quantitative estimate of drug-likeness (QED) is 0.287. The van der Waals surface area contributed by atoms with E-state index in [9.17, 15) is 0 Å². The van der Waals surface area contributed by atoms with E-state index in [0.717, 1.165) is 16.7 Å². The Bertz CT molecular complexity index is 726. The van der Waals surface area contributed by atoms with Crippen molar-refractivity contribution in [2.24, 2.45) is 0 Å². The monoisotopic (exact) mass is 382 g/mol. The molecule has 146 valence electrons. The highest BCUT2D eigenvalue weighted by molar-refractivity contribution is 5.27. The van der Waals surface area contributed by atoms with Crippen molar-refractivity contribution in [3.05, 3.63) is 89.5 Å². The summed E-state index contributed by atoms with van der Waals surface area (Å²) in [4.78, 5) is 31.2. The van der Waals surface area contributed by atoms with Crippen LogP contribution in [0.1, 0.15) is 16.7 Å². The molecule has 0 bridgehead atoms. The van der Waals surface area contributed by atoms with Gasteiger partial charge in [0.2, 0.25) is 0 Å². The summed E-state index contributed by atoms with van der Waals surface area (Å²) in [5, 5.41) is 0. The van der Waals surface area contributed by atoms with Gasteiger partial charge in [0.05, 0.1) is 0 Å². The second kappa shape index (κ2) is 9.75. The summed E-state index contributed by atoms with van der Waals surface area (Å²) in [6.45, 7) is 4.53. The Balaban J connectivity index is 1.58. The van der Waals surface area contributed by atoms with Crippen molar-refractivity contribution in [3.8, 4) is 17.2 Å². The summed E-state index contributed by atoms with van der Waals surface area (Å²) < 4.78 is 0. The fourth-order valence-electron chi connectivity index (χ4n) is 2.11. The van der Waals surface area contributed by atoms with Crippen molar-refractivity contribution < 1.29 is 29.3 Å². The topological polar surface area (TPSA) is 55.4 Å². The molecule has 0 heterocycles. The summed E-state index contributed by atoms with van der Waals surface area (Å²) in [6, 6.07) is 21.9. The fourth-order valence-corrected chi connectivity index (χ4v) is 2.11. The van der Waals surface area contributed by atoms with Gasteiger partial charge in [-0.1, -0.05) is 53.1 Å². The first kappa shape index (κ1) is 19.7. The van der Waals surface area contributed by atoms with Crippen LogP contribution >= 0.6 is 0 Å². The predicted octanol–water partition coefficient (Wildman–Crippen LogP) is 5.23. The Labute approximate surface area is 163 Å². The van der Waals surface area contributed by atoms with Gasteiger partial charge >= 0.3 is 6.48 Å². The molecule has 6 heteroatoms. The zero-order chi connectivity index (χ0) is 19.8. The highest BCUT2D eigenvalue weighted by Crippen LogP contribution is 2.17. The average Bonchev–Trinajstić information content (AvgIpc) is 2.71. The van der Waals surface area contributed by atoms with Crippen LogP contribution in [0.15, 0.2) is 72.8 Å². The lowest BCUT2D eigenvalue weighted by atomic mass is 10.2. The molecule has 0 atom stereocenters. The van der Waals surface area contributed by atoms with Crippen LogP contribution in [0.4, 0.5) is 0 Å². The van der Waals surface area contributed by atoms with Crippen LogP contribution in [0.3, 0.4) is 0 Å². The van der Waals surface area contributed by atoms with Crippen LogP contribution in [-0.4, -0.2) is 6.48 Å². The summed E-state index contributed by atoms with van der Waals surface area (Å²) in [5.41, 5.74) is 3.30. The zero-order valence-corrected chi connectivity index (χ0v) is 16.0. The van der Waals surface area contributed by atoms with Crippen LogP contribution in [0.2, 0.25) is 0 Å². The summed E-state index contributed by atoms with van der Waals surface area (Å²) >= 11 is 0. The van der Waals surface area contributed by atoms with Crippen molar-refractivity contribution in [1.29, 1.82) is 0 Å². The van der Waals surface area contributed by atoms with Gasteiger partial charge in [-0.2, -0.15) is 0 Å². The number of rotatable bonds is 9. The van der Waals surface area contributed by atoms with Gasteiger partial charge in [0.25, 0.3) is 0 Å². The lowest BCUT2D eigenvalue weighted by Crippen LogP contribution is -2.26.